The van der Waals surface area contributed by atoms with Crippen LogP contribution >= 0.6 is 0 Å². The van der Waals surface area contributed by atoms with Gasteiger partial charge in [-0.2, -0.15) is 0 Å². The molecule has 1 heterocycles. The third-order valence-electron chi connectivity index (χ3n) is 5.75. The summed E-state index contributed by atoms with van der Waals surface area (Å²) in [6.07, 6.45) is 6.43. The SMILES string of the molecule is CCCC(=O)Nc1cccc(C(=O)N(C)C[C@@H]2CC(=O)N(C3CCCC3)C2)c1. The highest BCUT2D eigenvalue weighted by atomic mass is 16.2. The third kappa shape index (κ3) is 4.91. The van der Waals surface area contributed by atoms with E-state index in [1.54, 1.807) is 36.2 Å². The summed E-state index contributed by atoms with van der Waals surface area (Å²) in [7, 11) is 1.79. The summed E-state index contributed by atoms with van der Waals surface area (Å²) in [6, 6.07) is 7.46. The average Bonchev–Trinajstić information content (AvgIpc) is 3.31. The minimum Gasteiger partial charge on any atom is -0.341 e. The van der Waals surface area contributed by atoms with Gasteiger partial charge in [-0.1, -0.05) is 25.8 Å². The summed E-state index contributed by atoms with van der Waals surface area (Å²) in [6.45, 7) is 3.28. The summed E-state index contributed by atoms with van der Waals surface area (Å²) in [5.41, 5.74) is 1.19. The first-order valence-corrected chi connectivity index (χ1v) is 10.4. The van der Waals surface area contributed by atoms with E-state index in [4.69, 9.17) is 0 Å². The van der Waals surface area contributed by atoms with E-state index in [1.165, 1.54) is 12.8 Å². The molecule has 1 atom stereocenters. The Labute approximate surface area is 167 Å². The zero-order valence-corrected chi connectivity index (χ0v) is 16.9. The summed E-state index contributed by atoms with van der Waals surface area (Å²) in [5, 5.41) is 2.83. The van der Waals surface area contributed by atoms with E-state index in [-0.39, 0.29) is 23.6 Å². The van der Waals surface area contributed by atoms with Crippen molar-refractivity contribution in [1.29, 1.82) is 0 Å². The van der Waals surface area contributed by atoms with Crippen molar-refractivity contribution in [3.05, 3.63) is 29.8 Å². The van der Waals surface area contributed by atoms with Crippen LogP contribution in [0.2, 0.25) is 0 Å². The van der Waals surface area contributed by atoms with Crippen LogP contribution in [-0.4, -0.2) is 53.7 Å². The molecule has 6 nitrogen and oxygen atoms in total. The van der Waals surface area contributed by atoms with Gasteiger partial charge in [-0.15, -0.1) is 0 Å². The highest BCUT2D eigenvalue weighted by molar-refractivity contribution is 5.97. The predicted molar refractivity (Wildman–Crippen MR) is 109 cm³/mol. The van der Waals surface area contributed by atoms with Crippen LogP contribution in [0.25, 0.3) is 0 Å². The molecule has 0 bridgehead atoms. The van der Waals surface area contributed by atoms with E-state index < -0.39 is 0 Å². The first-order chi connectivity index (χ1) is 13.5. The van der Waals surface area contributed by atoms with E-state index in [1.807, 2.05) is 11.8 Å². The lowest BCUT2D eigenvalue weighted by atomic mass is 10.1. The number of carbonyl (C=O) groups excluding carboxylic acids is 3. The lowest BCUT2D eigenvalue weighted by molar-refractivity contribution is -0.129. The van der Waals surface area contributed by atoms with Crippen LogP contribution in [0.15, 0.2) is 24.3 Å². The molecule has 0 aromatic heterocycles. The van der Waals surface area contributed by atoms with Crippen molar-refractivity contribution in [2.45, 2.75) is 57.9 Å². The van der Waals surface area contributed by atoms with Gasteiger partial charge < -0.3 is 15.1 Å². The molecule has 0 radical (unpaired) electrons. The molecule has 3 amide bonds. The normalized spacial score (nSPS) is 19.9. The fourth-order valence-corrected chi connectivity index (χ4v) is 4.37. The van der Waals surface area contributed by atoms with Gasteiger partial charge in [-0.25, -0.2) is 0 Å². The van der Waals surface area contributed by atoms with Crippen LogP contribution in [-0.2, 0) is 9.59 Å². The molecular formula is C22H31N3O3. The molecule has 152 valence electrons. The highest BCUT2D eigenvalue weighted by Crippen LogP contribution is 2.29. The predicted octanol–water partition coefficient (Wildman–Crippen LogP) is 3.29. The minimum atomic E-state index is -0.0849. The van der Waals surface area contributed by atoms with Crippen LogP contribution in [0, 0.1) is 5.92 Å². The molecule has 2 fully saturated rings. The van der Waals surface area contributed by atoms with Crippen molar-refractivity contribution in [3.8, 4) is 0 Å². The van der Waals surface area contributed by atoms with Crippen LogP contribution in [0.1, 0.15) is 62.2 Å². The zero-order chi connectivity index (χ0) is 20.1. The van der Waals surface area contributed by atoms with Crippen LogP contribution < -0.4 is 5.32 Å². The summed E-state index contributed by atoms with van der Waals surface area (Å²) in [4.78, 5) is 40.7. The van der Waals surface area contributed by atoms with E-state index in [9.17, 15) is 14.4 Å². The number of benzene rings is 1. The van der Waals surface area contributed by atoms with Crippen LogP contribution in [0.4, 0.5) is 5.69 Å². The molecule has 0 spiro atoms. The Hall–Kier alpha value is -2.37. The lowest BCUT2D eigenvalue weighted by Crippen LogP contribution is -2.36. The number of nitrogens with one attached hydrogen (secondary N) is 1. The second-order valence-corrected chi connectivity index (χ2v) is 8.12. The lowest BCUT2D eigenvalue weighted by Gasteiger charge is -2.25. The summed E-state index contributed by atoms with van der Waals surface area (Å²) in [5.74, 6) is 0.295. The van der Waals surface area contributed by atoms with Gasteiger partial charge in [-0.05, 0) is 37.5 Å². The Morgan fingerprint density at radius 3 is 2.71 bits per heavy atom. The van der Waals surface area contributed by atoms with Gasteiger partial charge in [0.1, 0.15) is 0 Å². The molecular weight excluding hydrogens is 354 g/mol. The summed E-state index contributed by atoms with van der Waals surface area (Å²) < 4.78 is 0. The van der Waals surface area contributed by atoms with Crippen LogP contribution in [0.3, 0.4) is 0 Å². The maximum absolute atomic E-state index is 12.8. The number of likely N-dealkylation sites (tertiary alicyclic amines) is 1. The number of anilines is 1. The molecule has 1 saturated heterocycles. The van der Waals surface area contributed by atoms with Crippen molar-refractivity contribution < 1.29 is 14.4 Å². The maximum Gasteiger partial charge on any atom is 0.253 e. The highest BCUT2D eigenvalue weighted by Gasteiger charge is 2.36. The van der Waals surface area contributed by atoms with Gasteiger partial charge in [0, 0.05) is 56.2 Å². The van der Waals surface area contributed by atoms with E-state index in [0.29, 0.717) is 36.7 Å². The maximum atomic E-state index is 12.8. The Morgan fingerprint density at radius 1 is 1.25 bits per heavy atom. The molecule has 0 unspecified atom stereocenters. The number of hydrogen-bond donors (Lipinski definition) is 1. The minimum absolute atomic E-state index is 0.0445. The number of rotatable bonds is 7. The Kier molecular flexibility index (Phi) is 6.70. The first-order valence-electron chi connectivity index (χ1n) is 10.4. The van der Waals surface area contributed by atoms with Gasteiger partial charge in [0.05, 0.1) is 0 Å². The molecule has 1 aromatic rings. The Morgan fingerprint density at radius 2 is 2.00 bits per heavy atom. The van der Waals surface area contributed by atoms with Crippen molar-refractivity contribution in [1.82, 2.24) is 9.80 Å². The van der Waals surface area contributed by atoms with Crippen molar-refractivity contribution in [2.24, 2.45) is 5.92 Å². The van der Waals surface area contributed by atoms with Crippen molar-refractivity contribution in [2.75, 3.05) is 25.5 Å². The molecule has 1 aliphatic carbocycles. The molecule has 1 N–H and O–H groups in total. The largest absolute Gasteiger partial charge is 0.341 e. The molecule has 1 aromatic carbocycles. The van der Waals surface area contributed by atoms with Gasteiger partial charge in [0.25, 0.3) is 5.91 Å². The topological polar surface area (TPSA) is 69.7 Å². The van der Waals surface area contributed by atoms with E-state index in [0.717, 1.165) is 25.8 Å². The second-order valence-electron chi connectivity index (χ2n) is 8.12. The van der Waals surface area contributed by atoms with Crippen molar-refractivity contribution in [3.63, 3.8) is 0 Å². The Bertz CT molecular complexity index is 727. The monoisotopic (exact) mass is 385 g/mol. The standard InChI is InChI=1S/C22H31N3O3/c1-3-7-20(26)23-18-9-6-8-17(13-18)22(28)24(2)14-16-12-21(27)25(15-16)19-10-4-5-11-19/h6,8-9,13,16,19H,3-5,7,10-12,14-15H2,1-2H3,(H,23,26)/t16-/m0/s1. The van der Waals surface area contributed by atoms with Crippen LogP contribution in [0.5, 0.6) is 0 Å². The van der Waals surface area contributed by atoms with Crippen molar-refractivity contribution >= 4 is 23.4 Å². The fourth-order valence-electron chi connectivity index (χ4n) is 4.37. The number of amides is 3. The first kappa shape index (κ1) is 20.4. The molecule has 2 aliphatic rings. The third-order valence-corrected chi connectivity index (χ3v) is 5.75. The zero-order valence-electron chi connectivity index (χ0n) is 16.9. The molecule has 28 heavy (non-hydrogen) atoms. The molecule has 6 heteroatoms. The number of nitrogens with zero attached hydrogens (tertiary/aromatic N) is 2. The van der Waals surface area contributed by atoms with Gasteiger partial charge in [0.15, 0.2) is 0 Å². The molecule has 1 saturated carbocycles. The van der Waals surface area contributed by atoms with Gasteiger partial charge in [0.2, 0.25) is 11.8 Å². The number of hydrogen-bond acceptors (Lipinski definition) is 3. The number of carbonyl (C=O) groups is 3. The quantitative estimate of drug-likeness (QED) is 0.783. The smallest absolute Gasteiger partial charge is 0.253 e. The molecule has 1 aliphatic heterocycles. The molecule has 3 rings (SSSR count). The van der Waals surface area contributed by atoms with Gasteiger partial charge in [-0.3, -0.25) is 14.4 Å². The Balaban J connectivity index is 1.57. The second kappa shape index (κ2) is 9.22. The van der Waals surface area contributed by atoms with Gasteiger partial charge >= 0.3 is 0 Å². The summed E-state index contributed by atoms with van der Waals surface area (Å²) >= 11 is 0. The van der Waals surface area contributed by atoms with E-state index >= 15 is 0 Å². The average molecular weight is 386 g/mol. The fraction of sp³-hybridized carbons (Fsp3) is 0.591. The van der Waals surface area contributed by atoms with E-state index in [2.05, 4.69) is 5.32 Å².